The van der Waals surface area contributed by atoms with Gasteiger partial charge >= 0.3 is 0 Å². The molecule has 0 amide bonds. The third kappa shape index (κ3) is 2.56. The van der Waals surface area contributed by atoms with Crippen molar-refractivity contribution < 1.29 is 10.2 Å². The van der Waals surface area contributed by atoms with Crippen molar-refractivity contribution in [2.45, 2.75) is 31.1 Å². The third-order valence-electron chi connectivity index (χ3n) is 2.94. The fourth-order valence-corrected chi connectivity index (χ4v) is 2.09. The molecule has 0 radical (unpaired) electrons. The minimum Gasteiger partial charge on any atom is -0.391 e. The van der Waals surface area contributed by atoms with E-state index < -0.39 is 12.2 Å². The van der Waals surface area contributed by atoms with Gasteiger partial charge in [-0.1, -0.05) is 30.3 Å². The molecule has 1 fully saturated rings. The highest BCUT2D eigenvalue weighted by molar-refractivity contribution is 5.16. The number of rotatable bonds is 3. The molecule has 0 aliphatic carbocycles. The first-order valence-electron chi connectivity index (χ1n) is 5.41. The molecule has 0 saturated carbocycles. The first-order valence-corrected chi connectivity index (χ1v) is 5.41. The maximum absolute atomic E-state index is 9.95. The second kappa shape index (κ2) is 4.75. The van der Waals surface area contributed by atoms with Crippen molar-refractivity contribution in [3.63, 3.8) is 0 Å². The van der Waals surface area contributed by atoms with Crippen molar-refractivity contribution >= 4 is 0 Å². The Kier molecular flexibility index (Phi) is 3.36. The van der Waals surface area contributed by atoms with Crippen LogP contribution in [0, 0.1) is 0 Å². The lowest BCUT2D eigenvalue weighted by Crippen LogP contribution is -2.42. The van der Waals surface area contributed by atoms with Crippen LogP contribution in [0.3, 0.4) is 0 Å². The van der Waals surface area contributed by atoms with Crippen LogP contribution in [-0.4, -0.2) is 35.0 Å². The maximum atomic E-state index is 9.95. The van der Waals surface area contributed by atoms with Gasteiger partial charge in [-0.25, -0.2) is 0 Å². The number of aliphatic hydroxyl groups is 2. The Balaban J connectivity index is 1.94. The predicted molar refractivity (Wildman–Crippen MR) is 58.6 cm³/mol. The van der Waals surface area contributed by atoms with Crippen LogP contribution < -0.4 is 5.32 Å². The molecule has 0 bridgehead atoms. The molecule has 15 heavy (non-hydrogen) atoms. The molecule has 2 rings (SSSR count). The quantitative estimate of drug-likeness (QED) is 0.669. The Morgan fingerprint density at radius 1 is 1.33 bits per heavy atom. The Morgan fingerprint density at radius 3 is 2.67 bits per heavy atom. The Hall–Kier alpha value is -0.900. The van der Waals surface area contributed by atoms with Gasteiger partial charge in [0.05, 0.1) is 18.2 Å². The molecule has 1 aliphatic rings. The molecular weight excluding hydrogens is 190 g/mol. The number of nitrogens with one attached hydrogen (secondary N) is 1. The Morgan fingerprint density at radius 2 is 2.07 bits per heavy atom. The summed E-state index contributed by atoms with van der Waals surface area (Å²) in [6, 6.07) is 9.68. The van der Waals surface area contributed by atoms with E-state index >= 15 is 0 Å². The summed E-state index contributed by atoms with van der Waals surface area (Å²) in [5.41, 5.74) is 1.10. The van der Waals surface area contributed by atoms with Gasteiger partial charge in [-0.2, -0.15) is 0 Å². The van der Waals surface area contributed by atoms with Gasteiger partial charge in [0, 0.05) is 0 Å². The molecule has 0 spiro atoms. The summed E-state index contributed by atoms with van der Waals surface area (Å²) in [5, 5.41) is 22.7. The highest BCUT2D eigenvalue weighted by Crippen LogP contribution is 2.14. The Labute approximate surface area is 89.8 Å². The van der Waals surface area contributed by atoms with Gasteiger partial charge in [-0.3, -0.25) is 0 Å². The normalized spacial score (nSPS) is 27.9. The van der Waals surface area contributed by atoms with Crippen molar-refractivity contribution in [1.82, 2.24) is 5.32 Å². The van der Waals surface area contributed by atoms with Gasteiger partial charge in [0.15, 0.2) is 0 Å². The molecule has 82 valence electrons. The lowest BCUT2D eigenvalue weighted by Gasteiger charge is -2.21. The lowest BCUT2D eigenvalue weighted by atomic mass is 9.99. The summed E-state index contributed by atoms with van der Waals surface area (Å²) < 4.78 is 0. The molecule has 3 N–H and O–H groups in total. The zero-order chi connectivity index (χ0) is 10.7. The minimum absolute atomic E-state index is 0.176. The highest BCUT2D eigenvalue weighted by Gasteiger charge is 2.30. The van der Waals surface area contributed by atoms with E-state index in [9.17, 15) is 10.2 Å². The van der Waals surface area contributed by atoms with Crippen molar-refractivity contribution in [2.24, 2.45) is 0 Å². The Bertz CT molecular complexity index is 302. The summed E-state index contributed by atoms with van der Waals surface area (Å²) in [5.74, 6) is 0. The van der Waals surface area contributed by atoms with Crippen molar-refractivity contribution in [1.29, 1.82) is 0 Å². The van der Waals surface area contributed by atoms with E-state index in [2.05, 4.69) is 5.32 Å². The molecular formula is C12H17NO2. The molecule has 1 aromatic rings. The first kappa shape index (κ1) is 10.6. The van der Waals surface area contributed by atoms with Crippen LogP contribution in [0.15, 0.2) is 30.3 Å². The van der Waals surface area contributed by atoms with Gasteiger partial charge < -0.3 is 15.5 Å². The molecule has 1 heterocycles. The summed E-state index contributed by atoms with van der Waals surface area (Å²) >= 11 is 0. The molecule has 0 aromatic heterocycles. The zero-order valence-electron chi connectivity index (χ0n) is 8.63. The highest BCUT2D eigenvalue weighted by atomic mass is 16.3. The van der Waals surface area contributed by atoms with Crippen molar-refractivity contribution in [3.05, 3.63) is 35.9 Å². The van der Waals surface area contributed by atoms with Crippen LogP contribution in [0.2, 0.25) is 0 Å². The van der Waals surface area contributed by atoms with Gasteiger partial charge in [-0.15, -0.1) is 0 Å². The van der Waals surface area contributed by atoms with Gasteiger partial charge in [0.1, 0.15) is 0 Å². The fraction of sp³-hybridized carbons (Fsp3) is 0.500. The van der Waals surface area contributed by atoms with Crippen LogP contribution in [0.5, 0.6) is 0 Å². The van der Waals surface area contributed by atoms with Crippen LogP contribution in [-0.2, 0) is 6.42 Å². The minimum atomic E-state index is -0.509. The number of hydrogen-bond acceptors (Lipinski definition) is 3. The second-order valence-electron chi connectivity index (χ2n) is 4.09. The van der Waals surface area contributed by atoms with Crippen molar-refractivity contribution in [3.8, 4) is 0 Å². The maximum Gasteiger partial charge on any atom is 0.0758 e. The fourth-order valence-electron chi connectivity index (χ4n) is 2.09. The van der Waals surface area contributed by atoms with E-state index in [1.807, 2.05) is 30.3 Å². The number of hydrogen-bond donors (Lipinski definition) is 3. The predicted octanol–water partition coefficient (Wildman–Crippen LogP) is 0.313. The SMILES string of the molecule is OC1CCN[C@@H]1C(O)Cc1ccccc1. The van der Waals surface area contributed by atoms with E-state index in [1.165, 1.54) is 0 Å². The van der Waals surface area contributed by atoms with E-state index in [4.69, 9.17) is 0 Å². The van der Waals surface area contributed by atoms with Gasteiger partial charge in [-0.05, 0) is 24.9 Å². The number of aliphatic hydroxyl groups excluding tert-OH is 2. The van der Waals surface area contributed by atoms with Crippen LogP contribution in [0.1, 0.15) is 12.0 Å². The summed E-state index contributed by atoms with van der Waals surface area (Å²) in [6.07, 6.45) is 0.403. The van der Waals surface area contributed by atoms with Crippen LogP contribution in [0.25, 0.3) is 0 Å². The third-order valence-corrected chi connectivity index (χ3v) is 2.94. The second-order valence-corrected chi connectivity index (χ2v) is 4.09. The van der Waals surface area contributed by atoms with Gasteiger partial charge in [0.25, 0.3) is 0 Å². The van der Waals surface area contributed by atoms with Gasteiger partial charge in [0.2, 0.25) is 0 Å². The molecule has 3 heteroatoms. The smallest absolute Gasteiger partial charge is 0.0758 e. The molecule has 1 saturated heterocycles. The van der Waals surface area contributed by atoms with E-state index in [0.29, 0.717) is 6.42 Å². The molecule has 1 aliphatic heterocycles. The van der Waals surface area contributed by atoms with E-state index in [-0.39, 0.29) is 6.04 Å². The average Bonchev–Trinajstić information content (AvgIpc) is 2.66. The van der Waals surface area contributed by atoms with Crippen LogP contribution >= 0.6 is 0 Å². The topological polar surface area (TPSA) is 52.5 Å². The molecule has 1 aromatic carbocycles. The van der Waals surface area contributed by atoms with E-state index in [0.717, 1.165) is 18.5 Å². The van der Waals surface area contributed by atoms with Crippen molar-refractivity contribution in [2.75, 3.05) is 6.54 Å². The average molecular weight is 207 g/mol. The lowest BCUT2D eigenvalue weighted by molar-refractivity contribution is 0.0632. The molecule has 2 unspecified atom stereocenters. The standard InChI is InChI=1S/C12H17NO2/c14-10-6-7-13-12(10)11(15)8-9-4-2-1-3-5-9/h1-5,10-15H,6-8H2/t10?,11?,12-/m0/s1. The zero-order valence-corrected chi connectivity index (χ0v) is 8.63. The monoisotopic (exact) mass is 207 g/mol. The largest absolute Gasteiger partial charge is 0.391 e. The first-order chi connectivity index (χ1) is 7.27. The van der Waals surface area contributed by atoms with E-state index in [1.54, 1.807) is 0 Å². The molecule has 3 atom stereocenters. The summed E-state index contributed by atoms with van der Waals surface area (Å²) in [7, 11) is 0. The molecule has 3 nitrogen and oxygen atoms in total. The summed E-state index contributed by atoms with van der Waals surface area (Å²) in [6.45, 7) is 0.789. The summed E-state index contributed by atoms with van der Waals surface area (Å²) in [4.78, 5) is 0. The van der Waals surface area contributed by atoms with Crippen LogP contribution in [0.4, 0.5) is 0 Å². The number of benzene rings is 1.